The minimum atomic E-state index is 0.538. The predicted molar refractivity (Wildman–Crippen MR) is 72.4 cm³/mol. The number of hydrogen-bond donors (Lipinski definition) is 1. The second-order valence-corrected chi connectivity index (χ2v) is 4.45. The first kappa shape index (κ1) is 10.8. The molecule has 0 aliphatic heterocycles. The van der Waals surface area contributed by atoms with Gasteiger partial charge in [0.1, 0.15) is 5.51 Å². The summed E-state index contributed by atoms with van der Waals surface area (Å²) in [7, 11) is 0. The van der Waals surface area contributed by atoms with Crippen molar-refractivity contribution in [3.05, 3.63) is 41.9 Å². The van der Waals surface area contributed by atoms with E-state index in [4.69, 9.17) is 5.73 Å². The Labute approximate surface area is 107 Å². The van der Waals surface area contributed by atoms with Gasteiger partial charge in [-0.25, -0.2) is 0 Å². The monoisotopic (exact) mass is 255 g/mol. The number of nitrogens with zero attached hydrogens (tertiary/aromatic N) is 4. The Morgan fingerprint density at radius 2 is 1.83 bits per heavy atom. The van der Waals surface area contributed by atoms with E-state index in [1.807, 2.05) is 36.4 Å². The lowest BCUT2D eigenvalue weighted by molar-refractivity contribution is 1.06. The fourth-order valence-corrected chi connectivity index (χ4v) is 2.07. The zero-order valence-corrected chi connectivity index (χ0v) is 10.1. The highest BCUT2D eigenvalue weighted by molar-refractivity contribution is 7.13. The first-order valence-electron chi connectivity index (χ1n) is 5.30. The zero-order chi connectivity index (χ0) is 12.4. The van der Waals surface area contributed by atoms with Crippen LogP contribution in [-0.4, -0.2) is 10.2 Å². The third-order valence-electron chi connectivity index (χ3n) is 2.53. The van der Waals surface area contributed by atoms with Crippen LogP contribution in [0, 0.1) is 0 Å². The van der Waals surface area contributed by atoms with Crippen molar-refractivity contribution in [3.63, 3.8) is 0 Å². The Kier molecular flexibility index (Phi) is 2.70. The quantitative estimate of drug-likeness (QED) is 0.560. The van der Waals surface area contributed by atoms with Gasteiger partial charge >= 0.3 is 0 Å². The first-order valence-corrected chi connectivity index (χ1v) is 6.18. The Morgan fingerprint density at radius 3 is 2.61 bits per heavy atom. The summed E-state index contributed by atoms with van der Waals surface area (Å²) in [6.07, 6.45) is 0. The normalized spacial score (nSPS) is 11.3. The van der Waals surface area contributed by atoms with E-state index in [0.717, 1.165) is 22.1 Å². The Morgan fingerprint density at radius 1 is 1.00 bits per heavy atom. The fraction of sp³-hybridized carbons (Fsp3) is 0. The fourth-order valence-electron chi connectivity index (χ4n) is 1.70. The molecule has 1 aromatic heterocycles. The van der Waals surface area contributed by atoms with Crippen molar-refractivity contribution in [3.8, 4) is 0 Å². The number of azo groups is 1. The molecule has 0 spiro atoms. The van der Waals surface area contributed by atoms with Gasteiger partial charge in [0, 0.05) is 16.5 Å². The number of nitrogen functional groups attached to an aromatic ring is 1. The van der Waals surface area contributed by atoms with E-state index in [-0.39, 0.29) is 0 Å². The minimum Gasteiger partial charge on any atom is -0.398 e. The van der Waals surface area contributed by atoms with Gasteiger partial charge in [-0.1, -0.05) is 35.6 Å². The number of fused-ring (bicyclic) bond motifs is 1. The van der Waals surface area contributed by atoms with Crippen LogP contribution in [-0.2, 0) is 0 Å². The summed E-state index contributed by atoms with van der Waals surface area (Å²) in [6, 6.07) is 11.5. The molecular weight excluding hydrogens is 246 g/mol. The number of benzene rings is 2. The largest absolute Gasteiger partial charge is 0.398 e. The highest BCUT2D eigenvalue weighted by Gasteiger charge is 2.02. The summed E-state index contributed by atoms with van der Waals surface area (Å²) in [4.78, 5) is 0. The third kappa shape index (κ3) is 1.93. The summed E-state index contributed by atoms with van der Waals surface area (Å²) in [5.41, 5.74) is 9.05. The van der Waals surface area contributed by atoms with Crippen molar-refractivity contribution in [2.24, 2.45) is 10.2 Å². The second kappa shape index (κ2) is 4.50. The van der Waals surface area contributed by atoms with Crippen LogP contribution in [0.3, 0.4) is 0 Å². The molecule has 0 unspecified atom stereocenters. The van der Waals surface area contributed by atoms with Crippen LogP contribution in [0.2, 0.25) is 0 Å². The molecule has 0 aliphatic rings. The molecule has 0 fully saturated rings. The standard InChI is InChI=1S/C12H9N5S/c13-10-5-6-11(9-4-2-1-3-8(9)10)15-17-12-16-14-7-18-12/h1-7H,13H2. The van der Waals surface area contributed by atoms with Gasteiger partial charge in [-0.05, 0) is 12.1 Å². The number of anilines is 1. The molecule has 2 aromatic carbocycles. The van der Waals surface area contributed by atoms with E-state index >= 15 is 0 Å². The molecule has 3 rings (SSSR count). The third-order valence-corrected chi connectivity index (χ3v) is 3.10. The van der Waals surface area contributed by atoms with Crippen LogP contribution in [0.5, 0.6) is 0 Å². The van der Waals surface area contributed by atoms with Crippen LogP contribution < -0.4 is 5.73 Å². The van der Waals surface area contributed by atoms with Gasteiger partial charge in [-0.3, -0.25) is 0 Å². The Hall–Kier alpha value is -2.34. The van der Waals surface area contributed by atoms with Crippen molar-refractivity contribution in [1.82, 2.24) is 10.2 Å². The highest BCUT2D eigenvalue weighted by Crippen LogP contribution is 2.31. The van der Waals surface area contributed by atoms with Crippen LogP contribution in [0.25, 0.3) is 10.8 Å². The molecule has 0 bridgehead atoms. The van der Waals surface area contributed by atoms with Crippen molar-refractivity contribution in [1.29, 1.82) is 0 Å². The average Bonchev–Trinajstić information content (AvgIpc) is 2.92. The van der Waals surface area contributed by atoms with Gasteiger partial charge in [0.2, 0.25) is 0 Å². The van der Waals surface area contributed by atoms with E-state index in [9.17, 15) is 0 Å². The van der Waals surface area contributed by atoms with E-state index in [2.05, 4.69) is 20.4 Å². The second-order valence-electron chi connectivity index (χ2n) is 3.64. The Bertz CT molecular complexity index is 706. The van der Waals surface area contributed by atoms with Crippen LogP contribution in [0.4, 0.5) is 16.5 Å². The van der Waals surface area contributed by atoms with E-state index in [1.165, 1.54) is 11.3 Å². The molecule has 5 nitrogen and oxygen atoms in total. The smallest absolute Gasteiger partial charge is 0.251 e. The molecular formula is C12H9N5S. The van der Waals surface area contributed by atoms with Gasteiger partial charge in [-0.15, -0.1) is 20.4 Å². The number of nitrogens with two attached hydrogens (primary N) is 1. The summed E-state index contributed by atoms with van der Waals surface area (Å²) in [5.74, 6) is 0. The topological polar surface area (TPSA) is 76.5 Å². The molecule has 0 radical (unpaired) electrons. The lowest BCUT2D eigenvalue weighted by Gasteiger charge is -2.03. The molecule has 6 heteroatoms. The minimum absolute atomic E-state index is 0.538. The van der Waals surface area contributed by atoms with E-state index in [1.54, 1.807) is 5.51 Å². The van der Waals surface area contributed by atoms with Crippen LogP contribution >= 0.6 is 11.3 Å². The summed E-state index contributed by atoms with van der Waals surface area (Å²) < 4.78 is 0. The van der Waals surface area contributed by atoms with Crippen molar-refractivity contribution >= 4 is 38.6 Å². The zero-order valence-electron chi connectivity index (χ0n) is 9.32. The van der Waals surface area contributed by atoms with Gasteiger partial charge in [-0.2, -0.15) is 0 Å². The van der Waals surface area contributed by atoms with Crippen LogP contribution in [0.1, 0.15) is 0 Å². The van der Waals surface area contributed by atoms with Gasteiger partial charge < -0.3 is 5.73 Å². The van der Waals surface area contributed by atoms with E-state index in [0.29, 0.717) is 5.13 Å². The number of aromatic nitrogens is 2. The van der Waals surface area contributed by atoms with Crippen molar-refractivity contribution in [2.75, 3.05) is 5.73 Å². The average molecular weight is 255 g/mol. The lowest BCUT2D eigenvalue weighted by Crippen LogP contribution is -1.86. The molecule has 88 valence electrons. The molecule has 0 atom stereocenters. The summed E-state index contributed by atoms with van der Waals surface area (Å²) in [5, 5.41) is 18.3. The molecule has 0 amide bonds. The predicted octanol–water partition coefficient (Wildman–Crippen LogP) is 3.69. The molecule has 1 heterocycles. The van der Waals surface area contributed by atoms with E-state index < -0.39 is 0 Å². The number of rotatable bonds is 2. The first-order chi connectivity index (χ1) is 8.84. The highest BCUT2D eigenvalue weighted by atomic mass is 32.1. The summed E-state index contributed by atoms with van der Waals surface area (Å²) >= 11 is 1.34. The molecule has 2 N–H and O–H groups in total. The molecule has 18 heavy (non-hydrogen) atoms. The molecule has 0 saturated heterocycles. The van der Waals surface area contributed by atoms with Crippen LogP contribution in [0.15, 0.2) is 52.1 Å². The lowest BCUT2D eigenvalue weighted by atomic mass is 10.1. The van der Waals surface area contributed by atoms with Gasteiger partial charge in [0.15, 0.2) is 0 Å². The maximum absolute atomic E-state index is 5.92. The molecule has 0 saturated carbocycles. The maximum Gasteiger partial charge on any atom is 0.251 e. The maximum atomic E-state index is 5.92. The summed E-state index contributed by atoms with van der Waals surface area (Å²) in [6.45, 7) is 0. The van der Waals surface area contributed by atoms with Gasteiger partial charge in [0.25, 0.3) is 5.13 Å². The molecule has 3 aromatic rings. The molecule has 0 aliphatic carbocycles. The van der Waals surface area contributed by atoms with Crippen molar-refractivity contribution < 1.29 is 0 Å². The van der Waals surface area contributed by atoms with Crippen molar-refractivity contribution in [2.45, 2.75) is 0 Å². The van der Waals surface area contributed by atoms with Gasteiger partial charge in [0.05, 0.1) is 5.69 Å². The number of hydrogen-bond acceptors (Lipinski definition) is 6. The SMILES string of the molecule is Nc1ccc(N=Nc2nncs2)c2ccccc12. The Balaban J connectivity index is 2.10.